The van der Waals surface area contributed by atoms with Crippen LogP contribution in [-0.2, 0) is 6.42 Å². The molecule has 96 valence electrons. The molecule has 2 nitrogen and oxygen atoms in total. The lowest BCUT2D eigenvalue weighted by Gasteiger charge is -2.16. The van der Waals surface area contributed by atoms with Gasteiger partial charge in [-0.2, -0.15) is 0 Å². The van der Waals surface area contributed by atoms with Crippen LogP contribution in [0.5, 0.6) is 0 Å². The summed E-state index contributed by atoms with van der Waals surface area (Å²) in [6.45, 7) is 3.10. The highest BCUT2D eigenvalue weighted by Gasteiger charge is 2.32. The lowest BCUT2D eigenvalue weighted by Crippen LogP contribution is -2.24. The van der Waals surface area contributed by atoms with Crippen LogP contribution in [0, 0.1) is 12.8 Å². The minimum atomic E-state index is 0.575. The zero-order chi connectivity index (χ0) is 12.4. The fourth-order valence-electron chi connectivity index (χ4n) is 2.25. The number of hydrogen-bond donors (Lipinski definition) is 1. The van der Waals surface area contributed by atoms with Crippen LogP contribution < -0.4 is 5.32 Å². The van der Waals surface area contributed by atoms with E-state index in [0.717, 1.165) is 24.6 Å². The molecule has 2 aromatic rings. The molecule has 1 N–H and O–H groups in total. The monoisotopic (exact) mass is 278 g/mol. The number of nitrogens with one attached hydrogen (secondary N) is 1. The maximum absolute atomic E-state index is 4.51. The Kier molecular flexibility index (Phi) is 3.77. The van der Waals surface area contributed by atoms with Crippen molar-refractivity contribution in [1.29, 1.82) is 0 Å². The summed E-state index contributed by atoms with van der Waals surface area (Å²) in [5, 5.41) is 9.28. The van der Waals surface area contributed by atoms with Crippen LogP contribution in [-0.4, -0.2) is 11.5 Å². The van der Waals surface area contributed by atoms with Gasteiger partial charge in [-0.15, -0.1) is 22.7 Å². The van der Waals surface area contributed by atoms with Crippen LogP contribution >= 0.6 is 22.7 Å². The molecule has 0 aliphatic heterocycles. The quantitative estimate of drug-likeness (QED) is 0.869. The molecule has 1 aliphatic rings. The predicted molar refractivity (Wildman–Crippen MR) is 78.3 cm³/mol. The summed E-state index contributed by atoms with van der Waals surface area (Å²) in [5.74, 6) is 0.863. The van der Waals surface area contributed by atoms with Gasteiger partial charge in [0, 0.05) is 35.0 Å². The van der Waals surface area contributed by atoms with E-state index in [1.54, 1.807) is 11.3 Å². The number of rotatable bonds is 6. The summed E-state index contributed by atoms with van der Waals surface area (Å²) >= 11 is 3.65. The van der Waals surface area contributed by atoms with Crippen molar-refractivity contribution in [3.63, 3.8) is 0 Å². The highest BCUT2D eigenvalue weighted by molar-refractivity contribution is 7.10. The average Bonchev–Trinajstić information content (AvgIpc) is 2.88. The van der Waals surface area contributed by atoms with Gasteiger partial charge in [0.25, 0.3) is 0 Å². The van der Waals surface area contributed by atoms with E-state index in [1.165, 1.54) is 22.7 Å². The van der Waals surface area contributed by atoms with E-state index in [9.17, 15) is 0 Å². The van der Waals surface area contributed by atoms with E-state index in [-0.39, 0.29) is 0 Å². The summed E-state index contributed by atoms with van der Waals surface area (Å²) in [7, 11) is 0. The fraction of sp³-hybridized carbons (Fsp3) is 0.500. The summed E-state index contributed by atoms with van der Waals surface area (Å²) in [4.78, 5) is 6.01. The van der Waals surface area contributed by atoms with Crippen LogP contribution in [0.25, 0.3) is 0 Å². The van der Waals surface area contributed by atoms with Gasteiger partial charge in [-0.3, -0.25) is 0 Å². The molecule has 3 rings (SSSR count). The number of hydrogen-bond acceptors (Lipinski definition) is 4. The van der Waals surface area contributed by atoms with Crippen LogP contribution in [0.15, 0.2) is 22.9 Å². The van der Waals surface area contributed by atoms with E-state index in [1.807, 2.05) is 11.3 Å². The molecule has 0 amide bonds. The molecule has 2 aromatic heterocycles. The smallest absolute Gasteiger partial charge is 0.0940 e. The second-order valence-corrected chi connectivity index (χ2v) is 6.84. The molecule has 2 heterocycles. The second kappa shape index (κ2) is 5.51. The summed E-state index contributed by atoms with van der Waals surface area (Å²) in [5.41, 5.74) is 1.15. The standard InChI is InChI=1S/C14H18N2S2/c1-10-9-18-13(16-10)6-7-15-14(11-4-5-11)12-3-2-8-17-12/h2-3,8-9,11,14-15H,4-7H2,1H3. The fourth-order valence-corrected chi connectivity index (χ4v) is 3.92. The minimum absolute atomic E-state index is 0.575. The van der Waals surface area contributed by atoms with Crippen molar-refractivity contribution < 1.29 is 0 Å². The van der Waals surface area contributed by atoms with Crippen molar-refractivity contribution in [2.24, 2.45) is 5.92 Å². The van der Waals surface area contributed by atoms with E-state index in [0.29, 0.717) is 6.04 Å². The number of thiazole rings is 1. The Morgan fingerprint density at radius 2 is 2.33 bits per heavy atom. The van der Waals surface area contributed by atoms with E-state index >= 15 is 0 Å². The van der Waals surface area contributed by atoms with E-state index in [2.05, 4.69) is 40.1 Å². The first-order valence-corrected chi connectivity index (χ1v) is 8.26. The first kappa shape index (κ1) is 12.3. The number of aryl methyl sites for hydroxylation is 1. The lowest BCUT2D eigenvalue weighted by molar-refractivity contribution is 0.491. The highest BCUT2D eigenvalue weighted by Crippen LogP contribution is 2.42. The Hall–Kier alpha value is -0.710. The van der Waals surface area contributed by atoms with Crippen molar-refractivity contribution in [3.8, 4) is 0 Å². The Morgan fingerprint density at radius 3 is 2.94 bits per heavy atom. The van der Waals surface area contributed by atoms with Gasteiger partial charge in [-0.25, -0.2) is 4.98 Å². The van der Waals surface area contributed by atoms with Gasteiger partial charge in [0.15, 0.2) is 0 Å². The predicted octanol–water partition coefficient (Wildman–Crippen LogP) is 3.80. The highest BCUT2D eigenvalue weighted by atomic mass is 32.1. The Bertz CT molecular complexity index is 486. The number of aromatic nitrogens is 1. The third-order valence-electron chi connectivity index (χ3n) is 3.31. The van der Waals surface area contributed by atoms with Crippen molar-refractivity contribution in [3.05, 3.63) is 38.5 Å². The van der Waals surface area contributed by atoms with Gasteiger partial charge in [-0.05, 0) is 37.1 Å². The minimum Gasteiger partial charge on any atom is -0.309 e. The van der Waals surface area contributed by atoms with Crippen LogP contribution in [0.3, 0.4) is 0 Å². The Labute approximate surface area is 116 Å². The maximum Gasteiger partial charge on any atom is 0.0940 e. The molecule has 1 aliphatic carbocycles. The molecular formula is C14H18N2S2. The first-order chi connectivity index (χ1) is 8.83. The van der Waals surface area contributed by atoms with Crippen molar-refractivity contribution in [2.75, 3.05) is 6.54 Å². The summed E-state index contributed by atoms with van der Waals surface area (Å²) in [6, 6.07) is 4.99. The number of nitrogens with zero attached hydrogens (tertiary/aromatic N) is 1. The van der Waals surface area contributed by atoms with Gasteiger partial charge in [0.1, 0.15) is 0 Å². The molecule has 4 heteroatoms. The van der Waals surface area contributed by atoms with Crippen molar-refractivity contribution in [1.82, 2.24) is 10.3 Å². The maximum atomic E-state index is 4.51. The van der Waals surface area contributed by atoms with Crippen LogP contribution in [0.1, 0.15) is 34.5 Å². The second-order valence-electron chi connectivity index (χ2n) is 4.92. The molecular weight excluding hydrogens is 260 g/mol. The third-order valence-corrected chi connectivity index (χ3v) is 5.29. The normalized spacial score (nSPS) is 16.9. The summed E-state index contributed by atoms with van der Waals surface area (Å²) < 4.78 is 0. The summed E-state index contributed by atoms with van der Waals surface area (Å²) in [6.07, 6.45) is 3.81. The zero-order valence-electron chi connectivity index (χ0n) is 10.6. The molecule has 1 atom stereocenters. The van der Waals surface area contributed by atoms with Crippen molar-refractivity contribution >= 4 is 22.7 Å². The largest absolute Gasteiger partial charge is 0.309 e. The molecule has 0 aromatic carbocycles. The Balaban J connectivity index is 1.54. The van der Waals surface area contributed by atoms with Gasteiger partial charge in [-0.1, -0.05) is 6.07 Å². The average molecular weight is 278 g/mol. The molecule has 18 heavy (non-hydrogen) atoms. The van der Waals surface area contributed by atoms with Gasteiger partial charge >= 0.3 is 0 Å². The zero-order valence-corrected chi connectivity index (χ0v) is 12.2. The van der Waals surface area contributed by atoms with Gasteiger partial charge in [0.05, 0.1) is 5.01 Å². The topological polar surface area (TPSA) is 24.9 Å². The van der Waals surface area contributed by atoms with Crippen molar-refractivity contribution in [2.45, 2.75) is 32.2 Å². The van der Waals surface area contributed by atoms with E-state index in [4.69, 9.17) is 0 Å². The molecule has 1 fully saturated rings. The Morgan fingerprint density at radius 1 is 1.44 bits per heavy atom. The third kappa shape index (κ3) is 2.99. The molecule has 0 spiro atoms. The SMILES string of the molecule is Cc1csc(CCNC(c2cccs2)C2CC2)n1. The molecule has 0 radical (unpaired) electrons. The van der Waals surface area contributed by atoms with E-state index < -0.39 is 0 Å². The molecule has 1 saturated carbocycles. The molecule has 1 unspecified atom stereocenters. The molecule has 0 bridgehead atoms. The van der Waals surface area contributed by atoms with Gasteiger partial charge in [0.2, 0.25) is 0 Å². The number of thiophene rings is 1. The lowest BCUT2D eigenvalue weighted by atomic mass is 10.1. The van der Waals surface area contributed by atoms with Crippen LogP contribution in [0.4, 0.5) is 0 Å². The van der Waals surface area contributed by atoms with Crippen LogP contribution in [0.2, 0.25) is 0 Å². The van der Waals surface area contributed by atoms with Gasteiger partial charge < -0.3 is 5.32 Å². The molecule has 0 saturated heterocycles. The first-order valence-electron chi connectivity index (χ1n) is 6.51.